The number of rotatable bonds is 2. The van der Waals surface area contributed by atoms with Crippen LogP contribution in [0.4, 0.5) is 0 Å². The van der Waals surface area contributed by atoms with Crippen LogP contribution in [0.15, 0.2) is 35.3 Å². The van der Waals surface area contributed by atoms with Crippen molar-refractivity contribution in [2.45, 2.75) is 50.2 Å². The number of hydrogen-bond donors (Lipinski definition) is 1. The highest BCUT2D eigenvalue weighted by atomic mass is 15.2. The van der Waals surface area contributed by atoms with Gasteiger partial charge in [0.05, 0.1) is 6.04 Å². The zero-order chi connectivity index (χ0) is 13.2. The number of nitrogens with zero attached hydrogens (tertiary/aromatic N) is 2. The van der Waals surface area contributed by atoms with Crippen LogP contribution in [0.5, 0.6) is 0 Å². The zero-order valence-electron chi connectivity index (χ0n) is 11.6. The molecular weight excluding hydrogens is 234 g/mol. The molecular formula is C16H23N3. The van der Waals surface area contributed by atoms with Crippen LogP contribution >= 0.6 is 0 Å². The van der Waals surface area contributed by atoms with E-state index in [1.165, 1.54) is 32.1 Å². The molecule has 0 spiro atoms. The number of nitrogens with two attached hydrogens (primary N) is 1. The van der Waals surface area contributed by atoms with E-state index in [0.717, 1.165) is 5.56 Å². The van der Waals surface area contributed by atoms with Crippen LogP contribution in [0.2, 0.25) is 0 Å². The molecule has 3 rings (SSSR count). The first-order valence-electron chi connectivity index (χ1n) is 7.34. The van der Waals surface area contributed by atoms with Crippen molar-refractivity contribution in [1.82, 2.24) is 4.90 Å². The van der Waals surface area contributed by atoms with Gasteiger partial charge in [0.2, 0.25) is 0 Å². The van der Waals surface area contributed by atoms with Gasteiger partial charge in [-0.05, 0) is 32.7 Å². The lowest BCUT2D eigenvalue weighted by molar-refractivity contribution is 0.0575. The Morgan fingerprint density at radius 1 is 1.16 bits per heavy atom. The predicted molar refractivity (Wildman–Crippen MR) is 79.4 cm³/mol. The van der Waals surface area contributed by atoms with E-state index in [2.05, 4.69) is 11.9 Å². The number of aliphatic imine (C=N–C) groups is 1. The molecule has 2 aliphatic heterocycles. The summed E-state index contributed by atoms with van der Waals surface area (Å²) in [5.41, 5.74) is 7.20. The highest BCUT2D eigenvalue weighted by Crippen LogP contribution is 2.33. The highest BCUT2D eigenvalue weighted by molar-refractivity contribution is 5.97. The van der Waals surface area contributed by atoms with E-state index in [1.54, 1.807) is 0 Å². The van der Waals surface area contributed by atoms with E-state index in [4.69, 9.17) is 10.7 Å². The van der Waals surface area contributed by atoms with Gasteiger partial charge in [0.25, 0.3) is 0 Å². The van der Waals surface area contributed by atoms with Gasteiger partial charge in [0.15, 0.2) is 0 Å². The average molecular weight is 257 g/mol. The largest absolute Gasteiger partial charge is 0.383 e. The summed E-state index contributed by atoms with van der Waals surface area (Å²) in [6, 6.07) is 11.9. The lowest BCUT2D eigenvalue weighted by Gasteiger charge is -2.46. The fourth-order valence-electron chi connectivity index (χ4n) is 3.57. The monoisotopic (exact) mass is 257 g/mol. The molecule has 2 saturated heterocycles. The van der Waals surface area contributed by atoms with Gasteiger partial charge in [-0.25, -0.2) is 0 Å². The number of hydrogen-bond acceptors (Lipinski definition) is 2. The Morgan fingerprint density at radius 2 is 1.79 bits per heavy atom. The fourth-order valence-corrected chi connectivity index (χ4v) is 3.57. The normalized spacial score (nSPS) is 32.3. The molecule has 2 heterocycles. The third kappa shape index (κ3) is 2.66. The van der Waals surface area contributed by atoms with Crippen molar-refractivity contribution in [3.8, 4) is 0 Å². The van der Waals surface area contributed by atoms with Crippen molar-refractivity contribution in [3.63, 3.8) is 0 Å². The second-order valence-corrected chi connectivity index (χ2v) is 5.91. The van der Waals surface area contributed by atoms with E-state index in [9.17, 15) is 0 Å². The van der Waals surface area contributed by atoms with Crippen LogP contribution in [0.1, 0.15) is 37.7 Å². The van der Waals surface area contributed by atoms with Crippen molar-refractivity contribution in [3.05, 3.63) is 35.9 Å². The summed E-state index contributed by atoms with van der Waals surface area (Å²) in [6.45, 7) is 0. The molecule has 3 nitrogen and oxygen atoms in total. The van der Waals surface area contributed by atoms with Gasteiger partial charge in [-0.3, -0.25) is 4.99 Å². The molecule has 19 heavy (non-hydrogen) atoms. The van der Waals surface area contributed by atoms with Gasteiger partial charge in [0.1, 0.15) is 5.84 Å². The molecule has 0 amide bonds. The van der Waals surface area contributed by atoms with Gasteiger partial charge in [-0.2, -0.15) is 0 Å². The summed E-state index contributed by atoms with van der Waals surface area (Å²) >= 11 is 0. The third-order valence-corrected chi connectivity index (χ3v) is 4.71. The van der Waals surface area contributed by atoms with E-state index in [-0.39, 0.29) is 0 Å². The van der Waals surface area contributed by atoms with Gasteiger partial charge in [-0.1, -0.05) is 36.8 Å². The second kappa shape index (κ2) is 5.33. The van der Waals surface area contributed by atoms with Crippen molar-refractivity contribution in [2.75, 3.05) is 7.05 Å². The quantitative estimate of drug-likeness (QED) is 0.653. The van der Waals surface area contributed by atoms with Crippen molar-refractivity contribution in [1.29, 1.82) is 0 Å². The van der Waals surface area contributed by atoms with Gasteiger partial charge in [-0.15, -0.1) is 0 Å². The molecule has 2 atom stereocenters. The average Bonchev–Trinajstić information content (AvgIpc) is 2.41. The van der Waals surface area contributed by atoms with Crippen LogP contribution < -0.4 is 5.73 Å². The molecule has 2 unspecified atom stereocenters. The first kappa shape index (κ1) is 12.7. The Labute approximate surface area is 115 Å². The Balaban J connectivity index is 1.74. The molecule has 3 heteroatoms. The van der Waals surface area contributed by atoms with Crippen LogP contribution in [-0.2, 0) is 0 Å². The number of amidine groups is 1. The van der Waals surface area contributed by atoms with Crippen LogP contribution in [-0.4, -0.2) is 35.9 Å². The summed E-state index contributed by atoms with van der Waals surface area (Å²) in [7, 11) is 2.27. The molecule has 1 aromatic rings. The maximum atomic E-state index is 6.15. The summed E-state index contributed by atoms with van der Waals surface area (Å²) in [4.78, 5) is 7.35. The van der Waals surface area contributed by atoms with Crippen molar-refractivity contribution >= 4 is 5.84 Å². The Kier molecular flexibility index (Phi) is 3.56. The van der Waals surface area contributed by atoms with E-state index in [1.807, 2.05) is 30.3 Å². The summed E-state index contributed by atoms with van der Waals surface area (Å²) in [5, 5.41) is 0. The van der Waals surface area contributed by atoms with E-state index in [0.29, 0.717) is 24.0 Å². The smallest absolute Gasteiger partial charge is 0.125 e. The van der Waals surface area contributed by atoms with Crippen LogP contribution in [0.3, 0.4) is 0 Å². The SMILES string of the molecule is CN1C2CCCC1CC(N=C(N)c1ccccc1)C2. The molecule has 0 saturated carbocycles. The Morgan fingerprint density at radius 3 is 2.42 bits per heavy atom. The number of piperidine rings is 2. The van der Waals surface area contributed by atoms with Crippen LogP contribution in [0, 0.1) is 0 Å². The van der Waals surface area contributed by atoms with Crippen molar-refractivity contribution < 1.29 is 0 Å². The summed E-state index contributed by atoms with van der Waals surface area (Å²) < 4.78 is 0. The summed E-state index contributed by atoms with van der Waals surface area (Å²) in [6.07, 6.45) is 6.36. The van der Waals surface area contributed by atoms with Gasteiger partial charge < -0.3 is 10.6 Å². The van der Waals surface area contributed by atoms with Gasteiger partial charge >= 0.3 is 0 Å². The molecule has 0 aromatic heterocycles. The summed E-state index contributed by atoms with van der Waals surface area (Å²) in [5.74, 6) is 0.702. The van der Waals surface area contributed by atoms with Crippen LogP contribution in [0.25, 0.3) is 0 Å². The third-order valence-electron chi connectivity index (χ3n) is 4.71. The minimum atomic E-state index is 0.409. The van der Waals surface area contributed by atoms with Crippen molar-refractivity contribution in [2.24, 2.45) is 10.7 Å². The van der Waals surface area contributed by atoms with E-state index < -0.39 is 0 Å². The number of benzene rings is 1. The maximum absolute atomic E-state index is 6.15. The molecule has 0 aliphatic carbocycles. The standard InChI is InChI=1S/C16H23N3/c1-19-14-8-5-9-15(19)11-13(10-14)18-16(17)12-6-3-2-4-7-12/h2-4,6-7,13-15H,5,8-11H2,1H3,(H2,17,18). The first-order chi connectivity index (χ1) is 9.24. The number of fused-ring (bicyclic) bond motifs is 2. The first-order valence-corrected chi connectivity index (χ1v) is 7.34. The molecule has 2 N–H and O–H groups in total. The second-order valence-electron chi connectivity index (χ2n) is 5.91. The zero-order valence-corrected chi connectivity index (χ0v) is 11.6. The molecule has 2 aliphatic rings. The van der Waals surface area contributed by atoms with Gasteiger partial charge in [0, 0.05) is 17.6 Å². The molecule has 102 valence electrons. The maximum Gasteiger partial charge on any atom is 0.125 e. The predicted octanol–water partition coefficient (Wildman–Crippen LogP) is 2.41. The molecule has 1 aromatic carbocycles. The molecule has 2 bridgehead atoms. The minimum Gasteiger partial charge on any atom is -0.383 e. The van der Waals surface area contributed by atoms with E-state index >= 15 is 0 Å². The minimum absolute atomic E-state index is 0.409. The molecule has 2 fully saturated rings. The Hall–Kier alpha value is -1.35. The Bertz CT molecular complexity index is 440. The lowest BCUT2D eigenvalue weighted by atomic mass is 9.82. The molecule has 0 radical (unpaired) electrons. The fraction of sp³-hybridized carbons (Fsp3) is 0.562. The topological polar surface area (TPSA) is 41.6 Å². The highest BCUT2D eigenvalue weighted by Gasteiger charge is 2.35. The lowest BCUT2D eigenvalue weighted by Crippen LogP contribution is -2.51.